The highest BCUT2D eigenvalue weighted by Crippen LogP contribution is 2.27. The van der Waals surface area contributed by atoms with E-state index in [1.165, 1.54) is 0 Å². The molecule has 1 fully saturated rings. The molecule has 2 aliphatic rings. The van der Waals surface area contributed by atoms with E-state index >= 15 is 0 Å². The van der Waals surface area contributed by atoms with Gasteiger partial charge in [0, 0.05) is 25.7 Å². The standard InChI is InChI=1S/C29H46N2O8/c1-4-7-10-15-23(32)36-20-22-26(38-24(33)16-11-8-5-2)27(39-25(34)17-12-9-6-3)29(37-22)31-18-13-14-21(19-31)28(30)35/h13,18-19,22,26-27,29H,4-12,14-17,20H2,1-3H3,(H2,30,35)/p+1/t22-,26-,27-,29-/m1/s1. The monoisotopic (exact) mass is 551 g/mol. The Labute approximate surface area is 232 Å². The van der Waals surface area contributed by atoms with Gasteiger partial charge in [-0.25, -0.2) is 0 Å². The van der Waals surface area contributed by atoms with Crippen LogP contribution in [0.1, 0.15) is 104 Å². The molecule has 0 aromatic rings. The minimum Gasteiger partial charge on any atom is -0.463 e. The fourth-order valence-corrected chi connectivity index (χ4v) is 4.61. The number of carbonyl (C=O) groups excluding carboxylic acids is 4. The van der Waals surface area contributed by atoms with Crippen molar-refractivity contribution in [3.63, 3.8) is 0 Å². The Kier molecular flexibility index (Phi) is 14.8. The van der Waals surface area contributed by atoms with E-state index in [9.17, 15) is 19.2 Å². The number of unbranched alkanes of at least 4 members (excludes halogenated alkanes) is 6. The first kappa shape index (κ1) is 32.5. The molecule has 1 saturated heterocycles. The number of esters is 3. The zero-order valence-corrected chi connectivity index (χ0v) is 23.8. The zero-order chi connectivity index (χ0) is 28.6. The third-order valence-electron chi connectivity index (χ3n) is 6.84. The second kappa shape index (κ2) is 17.8. The molecular weight excluding hydrogens is 504 g/mol. The van der Waals surface area contributed by atoms with Crippen LogP contribution in [0.3, 0.4) is 0 Å². The second-order valence-electron chi connectivity index (χ2n) is 10.2. The van der Waals surface area contributed by atoms with Crippen molar-refractivity contribution >= 4 is 23.8 Å². The van der Waals surface area contributed by atoms with E-state index in [0.29, 0.717) is 29.7 Å². The summed E-state index contributed by atoms with van der Waals surface area (Å²) in [6.45, 7) is 5.99. The summed E-state index contributed by atoms with van der Waals surface area (Å²) in [5.41, 5.74) is 5.91. The lowest BCUT2D eigenvalue weighted by atomic mass is 10.1. The summed E-state index contributed by atoms with van der Waals surface area (Å²) >= 11 is 0. The van der Waals surface area contributed by atoms with Crippen LogP contribution < -0.4 is 10.6 Å². The third-order valence-corrected chi connectivity index (χ3v) is 6.84. The first-order valence-electron chi connectivity index (χ1n) is 14.5. The Balaban J connectivity index is 2.28. The summed E-state index contributed by atoms with van der Waals surface area (Å²) < 4.78 is 23.5. The second-order valence-corrected chi connectivity index (χ2v) is 10.2. The average molecular weight is 552 g/mol. The minimum absolute atomic E-state index is 0.151. The van der Waals surface area contributed by atoms with Crippen LogP contribution in [0.25, 0.3) is 0 Å². The van der Waals surface area contributed by atoms with Crippen molar-refractivity contribution in [3.05, 3.63) is 24.0 Å². The van der Waals surface area contributed by atoms with E-state index in [-0.39, 0.29) is 31.8 Å². The van der Waals surface area contributed by atoms with Crippen LogP contribution >= 0.6 is 0 Å². The van der Waals surface area contributed by atoms with Crippen molar-refractivity contribution in [2.45, 2.75) is 129 Å². The van der Waals surface area contributed by atoms with E-state index in [1.807, 2.05) is 13.8 Å². The molecule has 2 aliphatic heterocycles. The van der Waals surface area contributed by atoms with Gasteiger partial charge in [0.25, 0.3) is 0 Å². The van der Waals surface area contributed by atoms with Gasteiger partial charge in [0.1, 0.15) is 18.9 Å². The third kappa shape index (κ3) is 11.1. The first-order valence-corrected chi connectivity index (χ1v) is 14.5. The molecule has 10 nitrogen and oxygen atoms in total. The lowest BCUT2D eigenvalue weighted by molar-refractivity contribution is -0.852. The normalized spacial score (nSPS) is 24.2. The Bertz CT molecular complexity index is 871. The van der Waals surface area contributed by atoms with Crippen LogP contribution in [0.15, 0.2) is 24.0 Å². The number of rotatable bonds is 18. The smallest absolute Gasteiger partial charge is 0.306 e. The Morgan fingerprint density at radius 3 is 1.92 bits per heavy atom. The first-order chi connectivity index (χ1) is 18.8. The van der Waals surface area contributed by atoms with Crippen molar-refractivity contribution in [1.82, 2.24) is 0 Å². The highest BCUT2D eigenvalue weighted by atomic mass is 16.7. The molecule has 220 valence electrons. The number of allylic oxidation sites excluding steroid dienone is 1. The molecule has 0 radical (unpaired) electrons. The van der Waals surface area contributed by atoms with Crippen molar-refractivity contribution in [3.8, 4) is 0 Å². The van der Waals surface area contributed by atoms with E-state index in [2.05, 4.69) is 6.92 Å². The molecule has 5 atom stereocenters. The van der Waals surface area contributed by atoms with Gasteiger partial charge in [-0.2, -0.15) is 0 Å². The topological polar surface area (TPSA) is 136 Å². The summed E-state index contributed by atoms with van der Waals surface area (Å²) in [5, 5.41) is 0. The summed E-state index contributed by atoms with van der Waals surface area (Å²) in [4.78, 5) is 50.4. The fraction of sp³-hybridized carbons (Fsp3) is 0.724. The molecule has 1 amide bonds. The highest BCUT2D eigenvalue weighted by molar-refractivity contribution is 5.91. The molecule has 0 aliphatic carbocycles. The van der Waals surface area contributed by atoms with Crippen LogP contribution in [0.4, 0.5) is 0 Å². The number of primary amides is 1. The molecular formula is C29H47N2O8+. The van der Waals surface area contributed by atoms with Crippen LogP contribution in [0.2, 0.25) is 0 Å². The lowest BCUT2D eigenvalue weighted by Gasteiger charge is -2.26. The SMILES string of the molecule is CCCCCC(=O)OC[C@H]1O[C@@H]([NH+]2C=CCC(C(N)=O)=C2)[C@H](OC(=O)CCCCC)[C@@H]1OC(=O)CCCCC. The Morgan fingerprint density at radius 2 is 1.38 bits per heavy atom. The zero-order valence-electron chi connectivity index (χ0n) is 23.8. The number of quaternary nitrogens is 1. The van der Waals surface area contributed by atoms with E-state index in [1.54, 1.807) is 18.5 Å². The van der Waals surface area contributed by atoms with Gasteiger partial charge in [-0.3, -0.25) is 24.1 Å². The highest BCUT2D eigenvalue weighted by Gasteiger charge is 2.54. The van der Waals surface area contributed by atoms with E-state index in [4.69, 9.17) is 24.7 Å². The van der Waals surface area contributed by atoms with Gasteiger partial charge >= 0.3 is 17.9 Å². The summed E-state index contributed by atoms with van der Waals surface area (Å²) in [6.07, 6.45) is 10.3. The number of hydrogen-bond donors (Lipinski definition) is 2. The maximum absolute atomic E-state index is 12.8. The van der Waals surface area contributed by atoms with Crippen molar-refractivity contribution in [1.29, 1.82) is 0 Å². The van der Waals surface area contributed by atoms with E-state index < -0.39 is 42.4 Å². The van der Waals surface area contributed by atoms with E-state index in [0.717, 1.165) is 44.9 Å². The molecule has 1 unspecified atom stereocenters. The molecule has 3 N–H and O–H groups in total. The predicted molar refractivity (Wildman–Crippen MR) is 144 cm³/mol. The number of carbonyl (C=O) groups is 4. The molecule has 0 aromatic heterocycles. The fourth-order valence-electron chi connectivity index (χ4n) is 4.61. The molecule has 0 aromatic carbocycles. The van der Waals surface area contributed by atoms with Crippen LogP contribution in [0, 0.1) is 0 Å². The molecule has 2 heterocycles. The quantitative estimate of drug-likeness (QED) is 0.151. The van der Waals surface area contributed by atoms with Gasteiger partial charge in [-0.05, 0) is 25.3 Å². The number of nitrogens with one attached hydrogen (secondary N) is 1. The maximum atomic E-state index is 12.8. The maximum Gasteiger partial charge on any atom is 0.306 e. The van der Waals surface area contributed by atoms with Crippen LogP contribution in [-0.2, 0) is 38.1 Å². The van der Waals surface area contributed by atoms with Gasteiger partial charge in [0.15, 0.2) is 6.10 Å². The van der Waals surface area contributed by atoms with Crippen LogP contribution in [0.5, 0.6) is 0 Å². The van der Waals surface area contributed by atoms with Crippen molar-refractivity contribution < 1.29 is 43.0 Å². The largest absolute Gasteiger partial charge is 0.463 e. The Morgan fingerprint density at radius 1 is 0.846 bits per heavy atom. The molecule has 0 saturated carbocycles. The summed E-state index contributed by atoms with van der Waals surface area (Å²) in [5.74, 6) is -1.77. The van der Waals surface area contributed by atoms with Crippen LogP contribution in [-0.4, -0.2) is 55.0 Å². The average Bonchev–Trinajstić information content (AvgIpc) is 3.24. The van der Waals surface area contributed by atoms with Gasteiger partial charge in [-0.1, -0.05) is 59.3 Å². The number of ether oxygens (including phenoxy) is 4. The molecule has 39 heavy (non-hydrogen) atoms. The van der Waals surface area contributed by atoms with Gasteiger partial charge < -0.3 is 24.7 Å². The van der Waals surface area contributed by atoms with Gasteiger partial charge in [0.05, 0.1) is 11.8 Å². The molecule has 0 bridgehead atoms. The number of nitrogens with two attached hydrogens (primary N) is 1. The van der Waals surface area contributed by atoms with Gasteiger partial charge in [0.2, 0.25) is 18.2 Å². The minimum atomic E-state index is -0.976. The molecule has 2 rings (SSSR count). The number of amides is 1. The molecule has 10 heteroatoms. The summed E-state index contributed by atoms with van der Waals surface area (Å²) in [6, 6.07) is 0. The summed E-state index contributed by atoms with van der Waals surface area (Å²) in [7, 11) is 0. The predicted octanol–water partition coefficient (Wildman–Crippen LogP) is 2.99. The number of hydrogen-bond acceptors (Lipinski definition) is 8. The van der Waals surface area contributed by atoms with Crippen molar-refractivity contribution in [2.24, 2.45) is 5.73 Å². The lowest BCUT2D eigenvalue weighted by Crippen LogP contribution is -3.09. The van der Waals surface area contributed by atoms with Crippen molar-refractivity contribution in [2.75, 3.05) is 6.61 Å². The Hall–Kier alpha value is -2.72. The van der Waals surface area contributed by atoms with Gasteiger partial charge in [-0.15, -0.1) is 0 Å². The molecule has 0 spiro atoms.